The van der Waals surface area contributed by atoms with E-state index < -0.39 is 18.6 Å². The van der Waals surface area contributed by atoms with Crippen molar-refractivity contribution in [2.45, 2.75) is 32.4 Å². The number of esters is 1. The van der Waals surface area contributed by atoms with Gasteiger partial charge in [0.2, 0.25) is 0 Å². The first-order valence-electron chi connectivity index (χ1n) is 5.96. The Hall–Kier alpha value is -0.820. The Morgan fingerprint density at radius 2 is 1.94 bits per heavy atom. The number of nitrogens with one attached hydrogen (secondary N) is 1. The molecule has 0 aromatic heterocycles. The zero-order valence-corrected chi connectivity index (χ0v) is 10.5. The molecular formula is C11H20F3NO3. The van der Waals surface area contributed by atoms with Crippen LogP contribution in [0.15, 0.2) is 0 Å². The average Bonchev–Trinajstić information content (AvgIpc) is 2.25. The van der Waals surface area contributed by atoms with E-state index in [-0.39, 0.29) is 13.0 Å². The van der Waals surface area contributed by atoms with Crippen molar-refractivity contribution >= 4 is 5.97 Å². The van der Waals surface area contributed by atoms with Crippen LogP contribution in [0.4, 0.5) is 13.2 Å². The molecule has 108 valence electrons. The standard InChI is InChI=1S/C11H20F3NO3/c1-2-18-10(16)9-17-8-7-15-6-4-3-5-11(12,13)14/h15H,2-9H2,1H3. The molecule has 0 aliphatic heterocycles. The molecule has 0 aromatic rings. The molecule has 1 N–H and O–H groups in total. The summed E-state index contributed by atoms with van der Waals surface area (Å²) in [6, 6.07) is 0. The topological polar surface area (TPSA) is 47.6 Å². The largest absolute Gasteiger partial charge is 0.464 e. The number of ether oxygens (including phenoxy) is 2. The van der Waals surface area contributed by atoms with Crippen molar-refractivity contribution in [3.63, 3.8) is 0 Å². The summed E-state index contributed by atoms with van der Waals surface area (Å²) in [5, 5.41) is 2.93. The lowest BCUT2D eigenvalue weighted by Crippen LogP contribution is -2.23. The number of carbonyl (C=O) groups is 1. The monoisotopic (exact) mass is 271 g/mol. The molecule has 0 amide bonds. The van der Waals surface area contributed by atoms with Crippen LogP contribution in [0.1, 0.15) is 26.2 Å². The molecule has 0 bridgehead atoms. The lowest BCUT2D eigenvalue weighted by Gasteiger charge is -2.07. The highest BCUT2D eigenvalue weighted by atomic mass is 19.4. The van der Waals surface area contributed by atoms with Gasteiger partial charge in [-0.2, -0.15) is 13.2 Å². The highest BCUT2D eigenvalue weighted by Crippen LogP contribution is 2.21. The molecule has 0 unspecified atom stereocenters. The molecule has 0 saturated heterocycles. The van der Waals surface area contributed by atoms with Gasteiger partial charge in [0.1, 0.15) is 6.61 Å². The lowest BCUT2D eigenvalue weighted by atomic mass is 10.2. The van der Waals surface area contributed by atoms with Crippen LogP contribution >= 0.6 is 0 Å². The second kappa shape index (κ2) is 10.1. The summed E-state index contributed by atoms with van der Waals surface area (Å²) >= 11 is 0. The smallest absolute Gasteiger partial charge is 0.389 e. The molecule has 0 aromatic carbocycles. The quantitative estimate of drug-likeness (QED) is 0.487. The highest BCUT2D eigenvalue weighted by Gasteiger charge is 2.25. The predicted molar refractivity (Wildman–Crippen MR) is 60.2 cm³/mol. The van der Waals surface area contributed by atoms with Gasteiger partial charge in [-0.3, -0.25) is 0 Å². The fraction of sp³-hybridized carbons (Fsp3) is 0.909. The van der Waals surface area contributed by atoms with Crippen LogP contribution in [-0.2, 0) is 14.3 Å². The highest BCUT2D eigenvalue weighted by molar-refractivity contribution is 5.70. The van der Waals surface area contributed by atoms with Crippen molar-refractivity contribution < 1.29 is 27.4 Å². The molecular weight excluding hydrogens is 251 g/mol. The minimum absolute atomic E-state index is 0.0937. The Morgan fingerprint density at radius 1 is 1.22 bits per heavy atom. The predicted octanol–water partition coefficient (Wildman–Crippen LogP) is 1.89. The molecule has 0 spiro atoms. The Kier molecular flexibility index (Phi) is 9.67. The first kappa shape index (κ1) is 17.2. The van der Waals surface area contributed by atoms with Crippen molar-refractivity contribution in [2.24, 2.45) is 0 Å². The summed E-state index contributed by atoms with van der Waals surface area (Å²) in [5.41, 5.74) is 0. The number of alkyl halides is 3. The number of hydrogen-bond acceptors (Lipinski definition) is 4. The fourth-order valence-corrected chi connectivity index (χ4v) is 1.20. The number of unbranched alkanes of at least 4 members (excludes halogenated alkanes) is 1. The van der Waals surface area contributed by atoms with E-state index in [0.717, 1.165) is 0 Å². The van der Waals surface area contributed by atoms with Crippen molar-refractivity contribution in [1.82, 2.24) is 5.32 Å². The summed E-state index contributed by atoms with van der Waals surface area (Å²) in [7, 11) is 0. The molecule has 0 atom stereocenters. The fourth-order valence-electron chi connectivity index (χ4n) is 1.20. The van der Waals surface area contributed by atoms with Crippen molar-refractivity contribution in [3.05, 3.63) is 0 Å². The molecule has 0 heterocycles. The summed E-state index contributed by atoms with van der Waals surface area (Å²) in [6.45, 7) is 3.28. The Morgan fingerprint density at radius 3 is 2.56 bits per heavy atom. The molecule has 0 fully saturated rings. The second-order valence-corrected chi connectivity index (χ2v) is 3.68. The first-order valence-corrected chi connectivity index (χ1v) is 5.96. The van der Waals surface area contributed by atoms with Gasteiger partial charge in [-0.15, -0.1) is 0 Å². The maximum Gasteiger partial charge on any atom is 0.389 e. The second-order valence-electron chi connectivity index (χ2n) is 3.68. The van der Waals surface area contributed by atoms with Gasteiger partial charge < -0.3 is 14.8 Å². The Labute approximate surface area is 105 Å². The van der Waals surface area contributed by atoms with E-state index in [4.69, 9.17) is 4.74 Å². The molecule has 4 nitrogen and oxygen atoms in total. The van der Waals surface area contributed by atoms with Crippen molar-refractivity contribution in [3.8, 4) is 0 Å². The van der Waals surface area contributed by atoms with E-state index in [0.29, 0.717) is 32.7 Å². The number of rotatable bonds is 10. The van der Waals surface area contributed by atoms with Crippen LogP contribution in [0.5, 0.6) is 0 Å². The molecule has 0 rings (SSSR count). The van der Waals surface area contributed by atoms with E-state index in [1.165, 1.54) is 0 Å². The van der Waals surface area contributed by atoms with Gasteiger partial charge in [0.05, 0.1) is 13.2 Å². The first-order chi connectivity index (χ1) is 8.45. The summed E-state index contributed by atoms with van der Waals surface area (Å²) in [5.74, 6) is -0.414. The molecule has 0 radical (unpaired) electrons. The van der Waals surface area contributed by atoms with Crippen LogP contribution in [-0.4, -0.2) is 45.1 Å². The third kappa shape index (κ3) is 13.2. The summed E-state index contributed by atoms with van der Waals surface area (Å²) in [4.78, 5) is 10.8. The van der Waals surface area contributed by atoms with Crippen LogP contribution in [0.25, 0.3) is 0 Å². The molecule has 0 aliphatic carbocycles. The third-order valence-corrected chi connectivity index (χ3v) is 2.01. The number of halogens is 3. The summed E-state index contributed by atoms with van der Waals surface area (Å²) < 4.78 is 45.0. The van der Waals surface area contributed by atoms with E-state index in [9.17, 15) is 18.0 Å². The van der Waals surface area contributed by atoms with Gasteiger partial charge in [0, 0.05) is 13.0 Å². The van der Waals surface area contributed by atoms with Gasteiger partial charge in [-0.1, -0.05) is 0 Å². The van der Waals surface area contributed by atoms with Crippen LogP contribution in [0, 0.1) is 0 Å². The molecule has 18 heavy (non-hydrogen) atoms. The van der Waals surface area contributed by atoms with Crippen LogP contribution < -0.4 is 5.32 Å². The molecule has 0 aliphatic rings. The maximum absolute atomic E-state index is 11.8. The van der Waals surface area contributed by atoms with Crippen molar-refractivity contribution in [1.29, 1.82) is 0 Å². The van der Waals surface area contributed by atoms with E-state index >= 15 is 0 Å². The van der Waals surface area contributed by atoms with E-state index in [1.54, 1.807) is 6.92 Å². The van der Waals surface area contributed by atoms with Gasteiger partial charge >= 0.3 is 12.1 Å². The van der Waals surface area contributed by atoms with Crippen LogP contribution in [0.2, 0.25) is 0 Å². The minimum Gasteiger partial charge on any atom is -0.464 e. The lowest BCUT2D eigenvalue weighted by molar-refractivity contribution is -0.148. The normalized spacial score (nSPS) is 11.6. The number of carbonyl (C=O) groups excluding carboxylic acids is 1. The molecule has 0 saturated carbocycles. The Bertz CT molecular complexity index is 222. The number of hydrogen-bond donors (Lipinski definition) is 1. The average molecular weight is 271 g/mol. The van der Waals surface area contributed by atoms with E-state index in [1.807, 2.05) is 0 Å². The van der Waals surface area contributed by atoms with Gasteiger partial charge in [-0.05, 0) is 26.3 Å². The minimum atomic E-state index is -4.07. The van der Waals surface area contributed by atoms with E-state index in [2.05, 4.69) is 10.1 Å². The zero-order chi connectivity index (χ0) is 13.9. The maximum atomic E-state index is 11.8. The van der Waals surface area contributed by atoms with Gasteiger partial charge in [0.25, 0.3) is 0 Å². The molecule has 7 heteroatoms. The van der Waals surface area contributed by atoms with Crippen LogP contribution in [0.3, 0.4) is 0 Å². The zero-order valence-electron chi connectivity index (χ0n) is 10.5. The van der Waals surface area contributed by atoms with Gasteiger partial charge in [0.15, 0.2) is 0 Å². The SMILES string of the molecule is CCOC(=O)COCCNCCCCC(F)(F)F. The third-order valence-electron chi connectivity index (χ3n) is 2.01. The summed E-state index contributed by atoms with van der Waals surface area (Å²) in [6.07, 6.45) is -4.21. The van der Waals surface area contributed by atoms with Gasteiger partial charge in [-0.25, -0.2) is 4.79 Å². The Balaban J connectivity index is 3.15. The van der Waals surface area contributed by atoms with Crippen molar-refractivity contribution in [2.75, 3.05) is 32.9 Å².